The summed E-state index contributed by atoms with van der Waals surface area (Å²) in [7, 11) is 0. The monoisotopic (exact) mass is 185 g/mol. The van der Waals surface area contributed by atoms with E-state index in [9.17, 15) is 4.79 Å². The minimum Gasteiger partial charge on any atom is -0.460 e. The summed E-state index contributed by atoms with van der Waals surface area (Å²) in [5.74, 6) is 0.0109. The Morgan fingerprint density at radius 3 is 2.15 bits per heavy atom. The van der Waals surface area contributed by atoms with Crippen LogP contribution in [-0.4, -0.2) is 11.6 Å². The van der Waals surface area contributed by atoms with Crippen molar-refractivity contribution >= 4 is 5.97 Å². The largest absolute Gasteiger partial charge is 0.460 e. The summed E-state index contributed by atoms with van der Waals surface area (Å²) in [4.78, 5) is 11.4. The average molecular weight is 185 g/mol. The third kappa shape index (κ3) is 4.08. The molecule has 0 unspecified atom stereocenters. The fraction of sp³-hybridized carbons (Fsp3) is 0.700. The van der Waals surface area contributed by atoms with E-state index in [1.165, 1.54) is 0 Å². The van der Waals surface area contributed by atoms with Gasteiger partial charge in [-0.1, -0.05) is 12.2 Å². The van der Waals surface area contributed by atoms with Crippen molar-refractivity contribution in [2.45, 2.75) is 39.2 Å². The lowest BCUT2D eigenvalue weighted by atomic mass is 10.1. The lowest BCUT2D eigenvalue weighted by Gasteiger charge is -2.21. The summed E-state index contributed by atoms with van der Waals surface area (Å²) in [5, 5.41) is 0. The summed E-state index contributed by atoms with van der Waals surface area (Å²) in [6, 6.07) is 0. The first-order valence-corrected chi connectivity index (χ1v) is 4.37. The molecule has 0 saturated carbocycles. The molecule has 0 aromatic carbocycles. The van der Waals surface area contributed by atoms with Crippen LogP contribution in [0.3, 0.4) is 0 Å². The van der Waals surface area contributed by atoms with Crippen molar-refractivity contribution in [3.63, 3.8) is 0 Å². The normalized spacial score (nSPS) is 16.8. The highest BCUT2D eigenvalue weighted by atomic mass is 16.6. The van der Waals surface area contributed by atoms with Crippen molar-refractivity contribution in [3.8, 4) is 0 Å². The summed E-state index contributed by atoms with van der Waals surface area (Å²) in [6.45, 7) is 5.69. The van der Waals surface area contributed by atoms with Crippen molar-refractivity contribution in [3.05, 3.63) is 12.2 Å². The smallest absolute Gasteiger partial charge is 0.310 e. The van der Waals surface area contributed by atoms with Crippen LogP contribution < -0.4 is 6.15 Å². The molecule has 0 heterocycles. The van der Waals surface area contributed by atoms with E-state index in [2.05, 4.69) is 0 Å². The highest BCUT2D eigenvalue weighted by Gasteiger charge is 2.25. The van der Waals surface area contributed by atoms with E-state index in [1.807, 2.05) is 32.9 Å². The zero-order chi connectivity index (χ0) is 9.19. The molecule has 0 atom stereocenters. The molecular weight excluding hydrogens is 166 g/mol. The molecule has 1 aliphatic carbocycles. The van der Waals surface area contributed by atoms with Crippen LogP contribution in [0.2, 0.25) is 0 Å². The second kappa shape index (κ2) is 4.42. The molecule has 3 heteroatoms. The van der Waals surface area contributed by atoms with Gasteiger partial charge in [-0.3, -0.25) is 4.79 Å². The summed E-state index contributed by atoms with van der Waals surface area (Å²) in [5.41, 5.74) is -0.348. The van der Waals surface area contributed by atoms with Gasteiger partial charge in [0.15, 0.2) is 0 Å². The van der Waals surface area contributed by atoms with Crippen LogP contribution in [0.4, 0.5) is 0 Å². The van der Waals surface area contributed by atoms with Crippen molar-refractivity contribution in [2.75, 3.05) is 0 Å². The van der Waals surface area contributed by atoms with Crippen LogP contribution in [0, 0.1) is 5.92 Å². The summed E-state index contributed by atoms with van der Waals surface area (Å²) in [6.07, 6.45) is 5.76. The molecule has 0 aliphatic heterocycles. The number of esters is 1. The second-order valence-corrected chi connectivity index (χ2v) is 4.17. The summed E-state index contributed by atoms with van der Waals surface area (Å²) < 4.78 is 5.24. The molecule has 0 bridgehead atoms. The van der Waals surface area contributed by atoms with Gasteiger partial charge in [0.2, 0.25) is 0 Å². The highest BCUT2D eigenvalue weighted by Crippen LogP contribution is 2.21. The third-order valence-corrected chi connectivity index (χ3v) is 1.75. The SMILES string of the molecule is CC(C)(C)OC(=O)C1CC=CC1.N. The van der Waals surface area contributed by atoms with Crippen LogP contribution in [0.15, 0.2) is 12.2 Å². The maximum absolute atomic E-state index is 11.4. The van der Waals surface area contributed by atoms with Gasteiger partial charge < -0.3 is 10.9 Å². The van der Waals surface area contributed by atoms with Crippen molar-refractivity contribution in [1.29, 1.82) is 0 Å². The second-order valence-electron chi connectivity index (χ2n) is 4.17. The van der Waals surface area contributed by atoms with Crippen molar-refractivity contribution < 1.29 is 9.53 Å². The number of hydrogen-bond acceptors (Lipinski definition) is 3. The van der Waals surface area contributed by atoms with Gasteiger partial charge in [0, 0.05) is 0 Å². The first kappa shape index (κ1) is 12.2. The van der Waals surface area contributed by atoms with E-state index < -0.39 is 0 Å². The number of carbonyl (C=O) groups excluding carboxylic acids is 1. The first-order chi connectivity index (χ1) is 5.49. The molecular formula is C10H19NO2. The van der Waals surface area contributed by atoms with E-state index in [-0.39, 0.29) is 23.6 Å². The van der Waals surface area contributed by atoms with E-state index in [0.29, 0.717) is 0 Å². The molecule has 13 heavy (non-hydrogen) atoms. The molecule has 0 saturated heterocycles. The van der Waals surface area contributed by atoms with E-state index in [4.69, 9.17) is 4.74 Å². The van der Waals surface area contributed by atoms with Crippen molar-refractivity contribution in [2.24, 2.45) is 5.92 Å². The van der Waals surface area contributed by atoms with E-state index >= 15 is 0 Å². The maximum Gasteiger partial charge on any atom is 0.310 e. The minimum atomic E-state index is -0.348. The van der Waals surface area contributed by atoms with Gasteiger partial charge in [0.25, 0.3) is 0 Å². The number of carbonyl (C=O) groups is 1. The van der Waals surface area contributed by atoms with Gasteiger partial charge in [-0.05, 0) is 33.6 Å². The Morgan fingerprint density at radius 1 is 1.31 bits per heavy atom. The molecule has 1 aliphatic rings. The van der Waals surface area contributed by atoms with E-state index in [1.54, 1.807) is 0 Å². The van der Waals surface area contributed by atoms with Gasteiger partial charge in [-0.25, -0.2) is 0 Å². The van der Waals surface area contributed by atoms with Crippen LogP contribution >= 0.6 is 0 Å². The average Bonchev–Trinajstić information content (AvgIpc) is 2.32. The molecule has 3 nitrogen and oxygen atoms in total. The Bertz CT molecular complexity index is 195. The predicted molar refractivity (Wildman–Crippen MR) is 52.7 cm³/mol. The minimum absolute atomic E-state index is 0. The van der Waals surface area contributed by atoms with Crippen LogP contribution in [0.1, 0.15) is 33.6 Å². The highest BCUT2D eigenvalue weighted by molar-refractivity contribution is 5.73. The van der Waals surface area contributed by atoms with Crippen LogP contribution in [0.5, 0.6) is 0 Å². The molecule has 1 rings (SSSR count). The molecule has 0 spiro atoms. The zero-order valence-electron chi connectivity index (χ0n) is 8.67. The zero-order valence-corrected chi connectivity index (χ0v) is 8.67. The Labute approximate surface area is 79.7 Å². The van der Waals surface area contributed by atoms with Gasteiger partial charge in [0.1, 0.15) is 5.60 Å². The lowest BCUT2D eigenvalue weighted by molar-refractivity contribution is -0.159. The standard InChI is InChI=1S/C10H16O2.H3N/c1-10(2,3)12-9(11)8-6-4-5-7-8;/h4-5,8H,6-7H2,1-3H3;1H3. The maximum atomic E-state index is 11.4. The Hall–Kier alpha value is -0.830. The quantitative estimate of drug-likeness (QED) is 0.504. The van der Waals surface area contributed by atoms with Crippen LogP contribution in [0.25, 0.3) is 0 Å². The van der Waals surface area contributed by atoms with Crippen molar-refractivity contribution in [1.82, 2.24) is 6.15 Å². The number of hydrogen-bond donors (Lipinski definition) is 1. The molecule has 0 amide bonds. The Morgan fingerprint density at radius 2 is 1.77 bits per heavy atom. The number of rotatable bonds is 1. The molecule has 3 N–H and O–H groups in total. The Balaban J connectivity index is 0.00000144. The van der Waals surface area contributed by atoms with Gasteiger partial charge >= 0.3 is 5.97 Å². The van der Waals surface area contributed by atoms with Gasteiger partial charge in [-0.15, -0.1) is 0 Å². The topological polar surface area (TPSA) is 61.3 Å². The molecule has 0 aromatic heterocycles. The van der Waals surface area contributed by atoms with Crippen LogP contribution in [-0.2, 0) is 9.53 Å². The predicted octanol–water partition coefficient (Wildman–Crippen LogP) is 2.46. The summed E-state index contributed by atoms with van der Waals surface area (Å²) >= 11 is 0. The first-order valence-electron chi connectivity index (χ1n) is 4.37. The number of allylic oxidation sites excluding steroid dienone is 2. The van der Waals surface area contributed by atoms with Gasteiger partial charge in [0.05, 0.1) is 5.92 Å². The molecule has 76 valence electrons. The Kier molecular flexibility index (Phi) is 4.14. The molecule has 0 fully saturated rings. The lowest BCUT2D eigenvalue weighted by Crippen LogP contribution is -2.27. The van der Waals surface area contributed by atoms with Gasteiger partial charge in [-0.2, -0.15) is 0 Å². The molecule has 0 radical (unpaired) electrons. The fourth-order valence-corrected chi connectivity index (χ4v) is 1.19. The van der Waals surface area contributed by atoms with E-state index in [0.717, 1.165) is 12.8 Å². The molecule has 0 aromatic rings. The third-order valence-electron chi connectivity index (χ3n) is 1.75. The fourth-order valence-electron chi connectivity index (χ4n) is 1.19. The number of ether oxygens (including phenoxy) is 1.